The van der Waals surface area contributed by atoms with E-state index in [1.54, 1.807) is 5.57 Å². The lowest BCUT2D eigenvalue weighted by molar-refractivity contribution is 0.0597. The molecule has 0 aromatic carbocycles. The third kappa shape index (κ3) is 3.77. The molecule has 0 aromatic rings. The number of hydrogen-bond acceptors (Lipinski definition) is 1. The maximum atomic E-state index is 9.90. The first-order chi connectivity index (χ1) is 10.3. The summed E-state index contributed by atoms with van der Waals surface area (Å²) in [4.78, 5) is 0. The molecule has 124 valence electrons. The van der Waals surface area contributed by atoms with Crippen LogP contribution in [0.1, 0.15) is 79.1 Å². The van der Waals surface area contributed by atoms with E-state index in [1.165, 1.54) is 38.5 Å². The molecule has 0 aliphatic heterocycles. The normalized spacial score (nSPS) is 35.2. The van der Waals surface area contributed by atoms with E-state index in [0.29, 0.717) is 5.41 Å². The first-order valence-corrected chi connectivity index (χ1v) is 9.15. The Balaban J connectivity index is 2.01. The van der Waals surface area contributed by atoms with Gasteiger partial charge >= 0.3 is 0 Å². The summed E-state index contributed by atoms with van der Waals surface area (Å²) in [5.41, 5.74) is 1.48. The lowest BCUT2D eigenvalue weighted by Crippen LogP contribution is -2.36. The monoisotopic (exact) mass is 302 g/mol. The van der Waals surface area contributed by atoms with Gasteiger partial charge in [0.25, 0.3) is 0 Å². The van der Waals surface area contributed by atoms with E-state index in [4.69, 9.17) is 6.42 Å². The molecule has 0 saturated heterocycles. The number of fused-ring (bicyclic) bond motifs is 1. The largest absolute Gasteiger partial charge is 0.390 e. The summed E-state index contributed by atoms with van der Waals surface area (Å²) in [6.07, 6.45) is 17.4. The molecule has 2 rings (SSSR count). The van der Waals surface area contributed by atoms with Crippen LogP contribution in [0.5, 0.6) is 0 Å². The van der Waals surface area contributed by atoms with Crippen molar-refractivity contribution in [2.45, 2.75) is 84.7 Å². The Morgan fingerprint density at radius 3 is 2.82 bits per heavy atom. The van der Waals surface area contributed by atoms with E-state index in [-0.39, 0.29) is 0 Å². The molecule has 1 heteroatoms. The zero-order chi connectivity index (χ0) is 16.4. The minimum Gasteiger partial charge on any atom is -0.390 e. The Kier molecular flexibility index (Phi) is 5.44. The molecule has 0 bridgehead atoms. The summed E-state index contributed by atoms with van der Waals surface area (Å²) >= 11 is 0. The molecule has 2 aliphatic carbocycles. The van der Waals surface area contributed by atoms with Gasteiger partial charge < -0.3 is 5.11 Å². The molecule has 1 nitrogen and oxygen atoms in total. The van der Waals surface area contributed by atoms with Crippen molar-refractivity contribution < 1.29 is 5.11 Å². The molecule has 0 heterocycles. The standard InChI is InChI=1S/C21H34O/c1-6-9-17-11-8-15-21(5)18(12-13-19(17)21)16(2)10-7-14-20(3,4)22/h1,9,16,18-19,22H,7-8,10-15H2,2-5H3/b17-9+/t16-,18-,19+,21-/m1/s1. The summed E-state index contributed by atoms with van der Waals surface area (Å²) in [5.74, 6) is 5.07. The molecule has 4 atom stereocenters. The Hall–Kier alpha value is -0.740. The van der Waals surface area contributed by atoms with Crippen LogP contribution in [0.2, 0.25) is 0 Å². The van der Waals surface area contributed by atoms with Crippen molar-refractivity contribution in [3.05, 3.63) is 11.6 Å². The van der Waals surface area contributed by atoms with Gasteiger partial charge in [-0.3, -0.25) is 0 Å². The zero-order valence-corrected chi connectivity index (χ0v) is 15.0. The highest BCUT2D eigenvalue weighted by molar-refractivity contribution is 5.25. The van der Waals surface area contributed by atoms with Crippen LogP contribution in [0.3, 0.4) is 0 Å². The van der Waals surface area contributed by atoms with Crippen molar-refractivity contribution in [3.63, 3.8) is 0 Å². The average Bonchev–Trinajstić information content (AvgIpc) is 2.75. The number of hydrogen-bond donors (Lipinski definition) is 1. The quantitative estimate of drug-likeness (QED) is 0.680. The minimum absolute atomic E-state index is 0.453. The molecule has 1 N–H and O–H groups in total. The number of rotatable bonds is 5. The molecule has 22 heavy (non-hydrogen) atoms. The summed E-state index contributed by atoms with van der Waals surface area (Å²) in [7, 11) is 0. The second kappa shape index (κ2) is 6.79. The Labute approximate surface area is 137 Å². The minimum atomic E-state index is -0.518. The third-order valence-electron chi connectivity index (χ3n) is 6.44. The highest BCUT2D eigenvalue weighted by Crippen LogP contribution is 2.59. The zero-order valence-electron chi connectivity index (χ0n) is 15.0. The summed E-state index contributed by atoms with van der Waals surface area (Å²) < 4.78 is 0. The first kappa shape index (κ1) is 17.6. The molecular weight excluding hydrogens is 268 g/mol. The van der Waals surface area contributed by atoms with E-state index >= 15 is 0 Å². The van der Waals surface area contributed by atoms with E-state index in [9.17, 15) is 5.11 Å². The number of aliphatic hydroxyl groups is 1. The molecule has 2 aliphatic rings. The van der Waals surface area contributed by atoms with Crippen LogP contribution >= 0.6 is 0 Å². The lowest BCUT2D eigenvalue weighted by Gasteiger charge is -2.44. The summed E-state index contributed by atoms with van der Waals surface area (Å²) in [6.45, 7) is 8.79. The third-order valence-corrected chi connectivity index (χ3v) is 6.44. The van der Waals surface area contributed by atoms with Gasteiger partial charge in [-0.15, -0.1) is 6.42 Å². The van der Waals surface area contributed by atoms with Gasteiger partial charge in [-0.1, -0.05) is 38.2 Å². The van der Waals surface area contributed by atoms with E-state index in [1.807, 2.05) is 13.8 Å². The molecule has 2 saturated carbocycles. The van der Waals surface area contributed by atoms with Gasteiger partial charge in [0, 0.05) is 0 Å². The predicted molar refractivity (Wildman–Crippen MR) is 94.4 cm³/mol. The van der Waals surface area contributed by atoms with Crippen LogP contribution in [-0.2, 0) is 0 Å². The topological polar surface area (TPSA) is 20.2 Å². The predicted octanol–water partition coefficient (Wildman–Crippen LogP) is 5.34. The van der Waals surface area contributed by atoms with Crippen LogP contribution in [-0.4, -0.2) is 10.7 Å². The Morgan fingerprint density at radius 1 is 1.45 bits per heavy atom. The maximum absolute atomic E-state index is 9.90. The maximum Gasteiger partial charge on any atom is 0.0591 e. The second-order valence-electron chi connectivity index (χ2n) is 8.66. The molecule has 0 aromatic heterocycles. The molecule has 0 spiro atoms. The Bertz CT molecular complexity index is 448. The first-order valence-electron chi connectivity index (χ1n) is 9.15. The van der Waals surface area contributed by atoms with Crippen LogP contribution < -0.4 is 0 Å². The van der Waals surface area contributed by atoms with Crippen LogP contribution in [0, 0.1) is 35.5 Å². The highest BCUT2D eigenvalue weighted by Gasteiger charge is 2.50. The summed E-state index contributed by atoms with van der Waals surface area (Å²) in [6, 6.07) is 0. The number of terminal acetylenes is 1. The fourth-order valence-electron chi connectivity index (χ4n) is 5.35. The fourth-order valence-corrected chi connectivity index (χ4v) is 5.35. The van der Waals surface area contributed by atoms with Crippen molar-refractivity contribution in [1.29, 1.82) is 0 Å². The van der Waals surface area contributed by atoms with Gasteiger partial charge in [-0.05, 0) is 81.6 Å². The van der Waals surface area contributed by atoms with Crippen LogP contribution in [0.15, 0.2) is 11.6 Å². The van der Waals surface area contributed by atoms with Gasteiger partial charge in [-0.25, -0.2) is 0 Å². The molecule has 2 fully saturated rings. The smallest absolute Gasteiger partial charge is 0.0591 e. The van der Waals surface area contributed by atoms with E-state index in [0.717, 1.165) is 30.6 Å². The van der Waals surface area contributed by atoms with Gasteiger partial charge in [0.1, 0.15) is 0 Å². The second-order valence-corrected chi connectivity index (χ2v) is 8.66. The van der Waals surface area contributed by atoms with Crippen molar-refractivity contribution in [1.82, 2.24) is 0 Å². The van der Waals surface area contributed by atoms with E-state index < -0.39 is 5.60 Å². The van der Waals surface area contributed by atoms with Gasteiger partial charge in [0.05, 0.1) is 5.60 Å². The number of allylic oxidation sites excluding steroid dienone is 2. The van der Waals surface area contributed by atoms with E-state index in [2.05, 4.69) is 25.8 Å². The van der Waals surface area contributed by atoms with Gasteiger partial charge in [0.15, 0.2) is 0 Å². The Morgan fingerprint density at radius 2 is 2.18 bits per heavy atom. The molecule has 0 unspecified atom stereocenters. The molecule has 0 radical (unpaired) electrons. The van der Waals surface area contributed by atoms with Crippen molar-refractivity contribution in [2.75, 3.05) is 0 Å². The van der Waals surface area contributed by atoms with Crippen LogP contribution in [0.4, 0.5) is 0 Å². The highest BCUT2D eigenvalue weighted by atomic mass is 16.3. The summed E-state index contributed by atoms with van der Waals surface area (Å²) in [5, 5.41) is 9.90. The van der Waals surface area contributed by atoms with Crippen LogP contribution in [0.25, 0.3) is 0 Å². The lowest BCUT2D eigenvalue weighted by atomic mass is 9.60. The molecular formula is C21H34O. The van der Waals surface area contributed by atoms with Gasteiger partial charge in [0.2, 0.25) is 0 Å². The SMILES string of the molecule is C#C/C=C1\CCC[C@]2(C)[C@@H]([C@H](C)CCCC(C)(C)O)CC[C@@H]12. The fraction of sp³-hybridized carbons (Fsp3) is 0.810. The van der Waals surface area contributed by atoms with Crippen molar-refractivity contribution in [3.8, 4) is 12.3 Å². The average molecular weight is 303 g/mol. The van der Waals surface area contributed by atoms with Crippen molar-refractivity contribution >= 4 is 0 Å². The molecule has 0 amide bonds. The van der Waals surface area contributed by atoms with Crippen molar-refractivity contribution in [2.24, 2.45) is 23.2 Å². The van der Waals surface area contributed by atoms with Gasteiger partial charge in [-0.2, -0.15) is 0 Å².